The van der Waals surface area contributed by atoms with E-state index in [2.05, 4.69) is 37.2 Å². The molecule has 0 aliphatic rings. The van der Waals surface area contributed by atoms with Crippen LogP contribution in [0.15, 0.2) is 51.3 Å². The number of aryl methyl sites for hydroxylation is 3. The molecule has 20 heavy (non-hydrogen) atoms. The molecule has 0 radical (unpaired) electrons. The number of oxime groups is 1. The van der Waals surface area contributed by atoms with Crippen molar-refractivity contribution in [3.05, 3.63) is 58.7 Å². The third-order valence-electron chi connectivity index (χ3n) is 3.23. The van der Waals surface area contributed by atoms with Crippen molar-refractivity contribution in [1.29, 1.82) is 0 Å². The van der Waals surface area contributed by atoms with E-state index in [4.69, 9.17) is 10.9 Å². The summed E-state index contributed by atoms with van der Waals surface area (Å²) >= 11 is 1.62. The molecule has 4 heteroatoms. The van der Waals surface area contributed by atoms with Crippen LogP contribution in [0, 0.1) is 20.8 Å². The first-order valence-corrected chi connectivity index (χ1v) is 7.16. The minimum absolute atomic E-state index is 0.135. The van der Waals surface area contributed by atoms with Crippen LogP contribution in [-0.4, -0.2) is 11.0 Å². The first-order valence-electron chi connectivity index (χ1n) is 6.35. The third-order valence-corrected chi connectivity index (χ3v) is 4.27. The molecular formula is C16H18N2OS. The van der Waals surface area contributed by atoms with Crippen LogP contribution in [0.5, 0.6) is 0 Å². The Morgan fingerprint density at radius 2 is 1.80 bits per heavy atom. The molecular weight excluding hydrogens is 268 g/mol. The van der Waals surface area contributed by atoms with Gasteiger partial charge < -0.3 is 10.9 Å². The summed E-state index contributed by atoms with van der Waals surface area (Å²) in [7, 11) is 0. The van der Waals surface area contributed by atoms with Gasteiger partial charge in [-0.15, -0.1) is 0 Å². The van der Waals surface area contributed by atoms with Crippen molar-refractivity contribution < 1.29 is 5.21 Å². The molecule has 0 aliphatic carbocycles. The lowest BCUT2D eigenvalue weighted by atomic mass is 10.1. The van der Waals surface area contributed by atoms with Gasteiger partial charge in [0.1, 0.15) is 0 Å². The molecule has 0 atom stereocenters. The van der Waals surface area contributed by atoms with E-state index in [9.17, 15) is 0 Å². The van der Waals surface area contributed by atoms with Crippen molar-refractivity contribution in [3.8, 4) is 0 Å². The van der Waals surface area contributed by atoms with Gasteiger partial charge >= 0.3 is 0 Å². The predicted octanol–water partition coefficient (Wildman–Crippen LogP) is 3.86. The highest BCUT2D eigenvalue weighted by Crippen LogP contribution is 2.32. The fourth-order valence-corrected chi connectivity index (χ4v) is 3.04. The summed E-state index contributed by atoms with van der Waals surface area (Å²) in [5.41, 5.74) is 10.2. The third kappa shape index (κ3) is 3.14. The van der Waals surface area contributed by atoms with Crippen molar-refractivity contribution >= 4 is 17.6 Å². The van der Waals surface area contributed by atoms with Crippen molar-refractivity contribution in [2.45, 2.75) is 30.6 Å². The molecule has 0 spiro atoms. The van der Waals surface area contributed by atoms with Gasteiger partial charge in [0, 0.05) is 15.4 Å². The standard InChI is InChI=1S/C16H18N2OS/c1-10-4-7-14(16(17)18-19)15(8-10)20-13-6-5-11(2)12(3)9-13/h4-9,19H,1-3H3,(H2,17,18). The molecule has 2 rings (SSSR count). The number of nitrogens with zero attached hydrogens (tertiary/aromatic N) is 1. The Bertz CT molecular complexity index is 666. The maximum absolute atomic E-state index is 8.88. The summed E-state index contributed by atoms with van der Waals surface area (Å²) in [6.45, 7) is 6.22. The summed E-state index contributed by atoms with van der Waals surface area (Å²) in [5.74, 6) is 0.135. The maximum Gasteiger partial charge on any atom is 0.171 e. The topological polar surface area (TPSA) is 58.6 Å². The summed E-state index contributed by atoms with van der Waals surface area (Å²) in [4.78, 5) is 2.13. The van der Waals surface area contributed by atoms with Gasteiger partial charge in [0.05, 0.1) is 0 Å². The molecule has 0 aromatic heterocycles. The van der Waals surface area contributed by atoms with Gasteiger partial charge in [-0.3, -0.25) is 0 Å². The molecule has 0 amide bonds. The first-order chi connectivity index (χ1) is 9.51. The number of rotatable bonds is 3. The summed E-state index contributed by atoms with van der Waals surface area (Å²) in [5, 5.41) is 12.0. The molecule has 0 bridgehead atoms. The van der Waals surface area contributed by atoms with E-state index in [1.54, 1.807) is 11.8 Å². The molecule has 0 saturated carbocycles. The molecule has 0 aliphatic heterocycles. The van der Waals surface area contributed by atoms with Crippen LogP contribution < -0.4 is 5.73 Å². The van der Waals surface area contributed by atoms with Crippen LogP contribution in [0.1, 0.15) is 22.3 Å². The smallest absolute Gasteiger partial charge is 0.171 e. The highest BCUT2D eigenvalue weighted by Gasteiger charge is 2.09. The van der Waals surface area contributed by atoms with Gasteiger partial charge in [-0.05, 0) is 61.7 Å². The lowest BCUT2D eigenvalue weighted by molar-refractivity contribution is 0.318. The molecule has 3 nitrogen and oxygen atoms in total. The van der Waals surface area contributed by atoms with Crippen LogP contribution in [0.25, 0.3) is 0 Å². The number of amidine groups is 1. The molecule has 104 valence electrons. The second-order valence-electron chi connectivity index (χ2n) is 4.83. The first kappa shape index (κ1) is 14.5. The van der Waals surface area contributed by atoms with Crippen molar-refractivity contribution in [1.82, 2.24) is 0 Å². The van der Waals surface area contributed by atoms with Gasteiger partial charge in [-0.1, -0.05) is 29.1 Å². The number of hydrogen-bond donors (Lipinski definition) is 2. The monoisotopic (exact) mass is 286 g/mol. The van der Waals surface area contributed by atoms with Crippen molar-refractivity contribution in [2.24, 2.45) is 10.9 Å². The molecule has 0 fully saturated rings. The van der Waals surface area contributed by atoms with Crippen LogP contribution >= 0.6 is 11.8 Å². The van der Waals surface area contributed by atoms with Gasteiger partial charge in [-0.2, -0.15) is 0 Å². The van der Waals surface area contributed by atoms with Gasteiger partial charge in [0.25, 0.3) is 0 Å². The minimum atomic E-state index is 0.135. The lowest BCUT2D eigenvalue weighted by Gasteiger charge is -2.10. The average molecular weight is 286 g/mol. The van der Waals surface area contributed by atoms with Gasteiger partial charge in [0.2, 0.25) is 0 Å². The summed E-state index contributed by atoms with van der Waals surface area (Å²) in [6.07, 6.45) is 0. The van der Waals surface area contributed by atoms with Crippen LogP contribution in [0.3, 0.4) is 0 Å². The van der Waals surface area contributed by atoms with E-state index in [1.165, 1.54) is 11.1 Å². The number of nitrogens with two attached hydrogens (primary N) is 1. The Balaban J connectivity index is 2.41. The van der Waals surface area contributed by atoms with Crippen molar-refractivity contribution in [3.63, 3.8) is 0 Å². The van der Waals surface area contributed by atoms with Crippen LogP contribution in [0.4, 0.5) is 0 Å². The average Bonchev–Trinajstić information content (AvgIpc) is 2.42. The summed E-state index contributed by atoms with van der Waals surface area (Å²) < 4.78 is 0. The molecule has 0 unspecified atom stereocenters. The second kappa shape index (κ2) is 6.01. The molecule has 0 saturated heterocycles. The zero-order valence-corrected chi connectivity index (χ0v) is 12.7. The van der Waals surface area contributed by atoms with Gasteiger partial charge in [0.15, 0.2) is 5.84 Å². The van der Waals surface area contributed by atoms with Crippen LogP contribution in [-0.2, 0) is 0 Å². The zero-order chi connectivity index (χ0) is 14.7. The van der Waals surface area contributed by atoms with E-state index < -0.39 is 0 Å². The molecule has 2 aromatic rings. The van der Waals surface area contributed by atoms with E-state index in [1.807, 2.05) is 25.1 Å². The van der Waals surface area contributed by atoms with E-state index in [0.717, 1.165) is 20.9 Å². The van der Waals surface area contributed by atoms with E-state index >= 15 is 0 Å². The highest BCUT2D eigenvalue weighted by molar-refractivity contribution is 7.99. The van der Waals surface area contributed by atoms with E-state index in [0.29, 0.717) is 0 Å². The zero-order valence-electron chi connectivity index (χ0n) is 11.8. The maximum atomic E-state index is 8.88. The highest BCUT2D eigenvalue weighted by atomic mass is 32.2. The fourth-order valence-electron chi connectivity index (χ4n) is 1.88. The Morgan fingerprint density at radius 1 is 1.05 bits per heavy atom. The second-order valence-corrected chi connectivity index (χ2v) is 5.95. The lowest BCUT2D eigenvalue weighted by Crippen LogP contribution is -2.14. The Hall–Kier alpha value is -1.94. The Morgan fingerprint density at radius 3 is 2.45 bits per heavy atom. The largest absolute Gasteiger partial charge is 0.409 e. The predicted molar refractivity (Wildman–Crippen MR) is 83.7 cm³/mol. The van der Waals surface area contributed by atoms with Crippen LogP contribution in [0.2, 0.25) is 0 Å². The number of benzene rings is 2. The minimum Gasteiger partial charge on any atom is -0.409 e. The molecule has 2 aromatic carbocycles. The van der Waals surface area contributed by atoms with Gasteiger partial charge in [-0.25, -0.2) is 0 Å². The molecule has 3 N–H and O–H groups in total. The Kier molecular flexibility index (Phi) is 4.35. The molecule has 0 heterocycles. The SMILES string of the molecule is Cc1ccc(C(N)=NO)c(Sc2ccc(C)c(C)c2)c1. The van der Waals surface area contributed by atoms with Crippen molar-refractivity contribution in [2.75, 3.05) is 0 Å². The quantitative estimate of drug-likeness (QED) is 0.390. The van der Waals surface area contributed by atoms with E-state index in [-0.39, 0.29) is 5.84 Å². The number of hydrogen-bond acceptors (Lipinski definition) is 3. The fraction of sp³-hybridized carbons (Fsp3) is 0.188. The normalized spacial score (nSPS) is 11.7. The Labute approximate surface area is 123 Å². The summed E-state index contributed by atoms with van der Waals surface area (Å²) in [6, 6.07) is 12.2.